The number of imidazole rings is 1. The lowest BCUT2D eigenvalue weighted by atomic mass is 10.1. The van der Waals surface area contributed by atoms with Crippen LogP contribution in [0, 0.1) is 6.92 Å². The maximum Gasteiger partial charge on any atom is 0.258 e. The standard InChI is InChI=1S/C13H16N4O3/c1-9-6-13(16-20-9)19-8-12(18)15-10-2-3-11-14-4-5-17(11)7-10/h4-6,10H,2-3,7-8H2,1H3,(H,15,18). The fraction of sp³-hybridized carbons (Fsp3) is 0.462. The van der Waals surface area contributed by atoms with Crippen LogP contribution < -0.4 is 10.1 Å². The lowest BCUT2D eigenvalue weighted by Crippen LogP contribution is -2.42. The highest BCUT2D eigenvalue weighted by atomic mass is 16.5. The summed E-state index contributed by atoms with van der Waals surface area (Å²) in [5, 5.41) is 6.62. The zero-order chi connectivity index (χ0) is 13.9. The minimum absolute atomic E-state index is 0.0563. The molecule has 0 radical (unpaired) electrons. The average molecular weight is 276 g/mol. The highest BCUT2D eigenvalue weighted by molar-refractivity contribution is 5.77. The summed E-state index contributed by atoms with van der Waals surface area (Å²) in [5.74, 6) is 1.91. The number of amides is 1. The normalized spacial score (nSPS) is 17.6. The van der Waals surface area contributed by atoms with Crippen LogP contribution in [0.25, 0.3) is 0 Å². The van der Waals surface area contributed by atoms with Crippen molar-refractivity contribution in [1.29, 1.82) is 0 Å². The zero-order valence-corrected chi connectivity index (χ0v) is 11.2. The van der Waals surface area contributed by atoms with E-state index in [9.17, 15) is 4.79 Å². The number of carbonyl (C=O) groups is 1. The van der Waals surface area contributed by atoms with E-state index in [1.807, 2.05) is 6.20 Å². The first-order chi connectivity index (χ1) is 9.70. The molecular weight excluding hydrogens is 260 g/mol. The highest BCUT2D eigenvalue weighted by Crippen LogP contribution is 2.13. The number of ether oxygens (including phenoxy) is 1. The molecule has 2 aromatic heterocycles. The van der Waals surface area contributed by atoms with Gasteiger partial charge in [0.25, 0.3) is 11.8 Å². The Morgan fingerprint density at radius 3 is 3.35 bits per heavy atom. The number of nitrogens with zero attached hydrogens (tertiary/aromatic N) is 3. The van der Waals surface area contributed by atoms with Gasteiger partial charge in [0.2, 0.25) is 0 Å². The first-order valence-electron chi connectivity index (χ1n) is 6.56. The number of hydrogen-bond donors (Lipinski definition) is 1. The molecule has 1 unspecified atom stereocenters. The Morgan fingerprint density at radius 2 is 2.55 bits per heavy atom. The molecule has 3 rings (SSSR count). The van der Waals surface area contributed by atoms with Crippen LogP contribution in [-0.2, 0) is 17.8 Å². The van der Waals surface area contributed by atoms with E-state index in [1.54, 1.807) is 19.2 Å². The summed E-state index contributed by atoms with van der Waals surface area (Å²) >= 11 is 0. The number of carbonyl (C=O) groups excluding carboxylic acids is 1. The molecule has 1 aliphatic rings. The van der Waals surface area contributed by atoms with Crippen molar-refractivity contribution in [1.82, 2.24) is 20.0 Å². The molecule has 1 amide bonds. The number of hydrogen-bond acceptors (Lipinski definition) is 5. The Bertz CT molecular complexity index is 604. The maximum atomic E-state index is 11.8. The molecule has 7 heteroatoms. The second-order valence-corrected chi connectivity index (χ2v) is 4.86. The number of aryl methyl sites for hydroxylation is 2. The third-order valence-corrected chi connectivity index (χ3v) is 3.26. The van der Waals surface area contributed by atoms with Gasteiger partial charge in [-0.15, -0.1) is 0 Å². The van der Waals surface area contributed by atoms with Gasteiger partial charge in [-0.2, -0.15) is 0 Å². The van der Waals surface area contributed by atoms with Gasteiger partial charge in [-0.25, -0.2) is 4.98 Å². The van der Waals surface area contributed by atoms with E-state index in [0.29, 0.717) is 11.6 Å². The van der Waals surface area contributed by atoms with Crippen LogP contribution in [0.15, 0.2) is 23.0 Å². The Balaban J connectivity index is 1.47. The first kappa shape index (κ1) is 12.7. The van der Waals surface area contributed by atoms with Crippen molar-refractivity contribution in [3.63, 3.8) is 0 Å². The van der Waals surface area contributed by atoms with Gasteiger partial charge in [0.1, 0.15) is 11.6 Å². The second-order valence-electron chi connectivity index (χ2n) is 4.86. The molecule has 0 saturated heterocycles. The molecule has 1 aliphatic heterocycles. The van der Waals surface area contributed by atoms with Crippen LogP contribution in [0.5, 0.6) is 5.88 Å². The highest BCUT2D eigenvalue weighted by Gasteiger charge is 2.20. The van der Waals surface area contributed by atoms with Gasteiger partial charge >= 0.3 is 0 Å². The van der Waals surface area contributed by atoms with Crippen LogP contribution in [0.3, 0.4) is 0 Å². The predicted molar refractivity (Wildman–Crippen MR) is 69.2 cm³/mol. The molecule has 106 valence electrons. The van der Waals surface area contributed by atoms with E-state index in [0.717, 1.165) is 25.2 Å². The maximum absolute atomic E-state index is 11.8. The number of aromatic nitrogens is 3. The predicted octanol–water partition coefficient (Wildman–Crippen LogP) is 0.690. The summed E-state index contributed by atoms with van der Waals surface area (Å²) in [4.78, 5) is 16.1. The molecule has 1 N–H and O–H groups in total. The van der Waals surface area contributed by atoms with Crippen molar-refractivity contribution in [3.8, 4) is 5.88 Å². The third kappa shape index (κ3) is 2.81. The molecule has 7 nitrogen and oxygen atoms in total. The molecule has 0 fully saturated rings. The van der Waals surface area contributed by atoms with E-state index in [-0.39, 0.29) is 18.6 Å². The van der Waals surface area contributed by atoms with Gasteiger partial charge in [-0.3, -0.25) is 4.79 Å². The van der Waals surface area contributed by atoms with Gasteiger partial charge in [0.05, 0.1) is 0 Å². The summed E-state index contributed by atoms with van der Waals surface area (Å²) in [6.45, 7) is 2.47. The fourth-order valence-electron chi connectivity index (χ4n) is 2.30. The Labute approximate surface area is 115 Å². The molecule has 0 aromatic carbocycles. The topological polar surface area (TPSA) is 82.2 Å². The largest absolute Gasteiger partial charge is 0.465 e. The second kappa shape index (κ2) is 5.36. The smallest absolute Gasteiger partial charge is 0.258 e. The van der Waals surface area contributed by atoms with Crippen LogP contribution in [0.4, 0.5) is 0 Å². The zero-order valence-electron chi connectivity index (χ0n) is 11.2. The molecule has 0 aliphatic carbocycles. The van der Waals surface area contributed by atoms with E-state index >= 15 is 0 Å². The van der Waals surface area contributed by atoms with Crippen LogP contribution in [-0.4, -0.2) is 33.3 Å². The van der Waals surface area contributed by atoms with E-state index in [4.69, 9.17) is 9.26 Å². The summed E-state index contributed by atoms with van der Waals surface area (Å²) in [6.07, 6.45) is 5.49. The molecule has 1 atom stereocenters. The van der Waals surface area contributed by atoms with Crippen molar-refractivity contribution in [2.45, 2.75) is 32.4 Å². The summed E-state index contributed by atoms with van der Waals surface area (Å²) < 4.78 is 12.2. The van der Waals surface area contributed by atoms with Gasteiger partial charge in [0, 0.05) is 37.5 Å². The quantitative estimate of drug-likeness (QED) is 0.888. The average Bonchev–Trinajstić information content (AvgIpc) is 3.04. The third-order valence-electron chi connectivity index (χ3n) is 3.26. The number of rotatable bonds is 4. The summed E-state index contributed by atoms with van der Waals surface area (Å²) in [5.41, 5.74) is 0. The number of fused-ring (bicyclic) bond motifs is 1. The number of nitrogens with one attached hydrogen (secondary N) is 1. The minimum atomic E-state index is -0.154. The van der Waals surface area contributed by atoms with Crippen molar-refractivity contribution < 1.29 is 14.1 Å². The monoisotopic (exact) mass is 276 g/mol. The van der Waals surface area contributed by atoms with Crippen molar-refractivity contribution >= 4 is 5.91 Å². The van der Waals surface area contributed by atoms with Gasteiger partial charge in [-0.1, -0.05) is 0 Å². The van der Waals surface area contributed by atoms with Crippen LogP contribution >= 0.6 is 0 Å². The lowest BCUT2D eigenvalue weighted by molar-refractivity contribution is -0.124. The SMILES string of the molecule is Cc1cc(OCC(=O)NC2CCc3nccn3C2)no1. The van der Waals surface area contributed by atoms with Gasteiger partial charge in [-0.05, 0) is 18.5 Å². The Morgan fingerprint density at radius 1 is 1.65 bits per heavy atom. The molecular formula is C13H16N4O3. The van der Waals surface area contributed by atoms with Crippen molar-refractivity contribution in [2.24, 2.45) is 0 Å². The summed E-state index contributed by atoms with van der Waals surface area (Å²) in [6, 6.07) is 1.76. The van der Waals surface area contributed by atoms with E-state index in [2.05, 4.69) is 20.0 Å². The van der Waals surface area contributed by atoms with E-state index in [1.165, 1.54) is 0 Å². The van der Waals surface area contributed by atoms with Gasteiger partial charge < -0.3 is 19.1 Å². The van der Waals surface area contributed by atoms with Gasteiger partial charge in [0.15, 0.2) is 6.61 Å². The van der Waals surface area contributed by atoms with Crippen LogP contribution in [0.2, 0.25) is 0 Å². The molecule has 20 heavy (non-hydrogen) atoms. The molecule has 3 heterocycles. The molecule has 2 aromatic rings. The minimum Gasteiger partial charge on any atom is -0.465 e. The first-order valence-corrected chi connectivity index (χ1v) is 6.56. The molecule has 0 spiro atoms. The van der Waals surface area contributed by atoms with Crippen molar-refractivity contribution in [2.75, 3.05) is 6.61 Å². The van der Waals surface area contributed by atoms with Crippen molar-refractivity contribution in [3.05, 3.63) is 30.0 Å². The van der Waals surface area contributed by atoms with Crippen LogP contribution in [0.1, 0.15) is 18.0 Å². The molecule has 0 bridgehead atoms. The Hall–Kier alpha value is -2.31. The molecule has 0 saturated carbocycles. The Kier molecular flexibility index (Phi) is 3.41. The lowest BCUT2D eigenvalue weighted by Gasteiger charge is -2.24. The fourth-order valence-corrected chi connectivity index (χ4v) is 2.30. The van der Waals surface area contributed by atoms with E-state index < -0.39 is 0 Å². The summed E-state index contributed by atoms with van der Waals surface area (Å²) in [7, 11) is 0.